The first-order chi connectivity index (χ1) is 15.7. The fourth-order valence-corrected chi connectivity index (χ4v) is 4.25. The molecule has 0 aliphatic carbocycles. The first-order valence-electron chi connectivity index (χ1n) is 10.5. The van der Waals surface area contributed by atoms with Crippen molar-refractivity contribution < 1.29 is 0 Å². The molecule has 0 saturated heterocycles. The maximum atomic E-state index is 4.80. The highest BCUT2D eigenvalue weighted by Crippen LogP contribution is 2.29. The molecule has 0 amide bonds. The lowest BCUT2D eigenvalue weighted by molar-refractivity contribution is 1.01. The predicted octanol–water partition coefficient (Wildman–Crippen LogP) is 6.85. The zero-order chi connectivity index (χ0) is 21.8. The molecule has 4 nitrogen and oxygen atoms in total. The Bertz CT molecular complexity index is 1290. The van der Waals surface area contributed by atoms with Crippen LogP contribution in [0.1, 0.15) is 11.1 Å². The molecule has 0 atom stereocenters. The summed E-state index contributed by atoms with van der Waals surface area (Å²) >= 11 is 1.67. The topological polar surface area (TPSA) is 50.7 Å². The van der Waals surface area contributed by atoms with Crippen LogP contribution in [-0.2, 0) is 6.54 Å². The van der Waals surface area contributed by atoms with Crippen LogP contribution in [0.5, 0.6) is 0 Å². The van der Waals surface area contributed by atoms with Crippen LogP contribution in [0.25, 0.3) is 33.1 Å². The number of aryl methyl sites for hydroxylation is 1. The van der Waals surface area contributed by atoms with Gasteiger partial charge in [-0.25, -0.2) is 4.98 Å². The number of hydrogen-bond acceptors (Lipinski definition) is 5. The Morgan fingerprint density at radius 2 is 1.41 bits per heavy atom. The van der Waals surface area contributed by atoms with Crippen LogP contribution in [0.4, 0.5) is 5.82 Å². The summed E-state index contributed by atoms with van der Waals surface area (Å²) < 4.78 is 0. The van der Waals surface area contributed by atoms with Crippen molar-refractivity contribution in [1.29, 1.82) is 0 Å². The van der Waals surface area contributed by atoms with Gasteiger partial charge in [0.2, 0.25) is 0 Å². The van der Waals surface area contributed by atoms with Gasteiger partial charge in [0.05, 0.1) is 11.4 Å². The maximum absolute atomic E-state index is 4.80. The van der Waals surface area contributed by atoms with Crippen LogP contribution >= 0.6 is 11.3 Å². The standard InChI is InChI=1S/C27H22N4S/c1-19-7-11-22(12-8-19)24-15-16-26(31-30-24)28-17-20-9-13-23(14-10-20)27-29-25(18-32-27)21-5-3-2-4-6-21/h2-16,18H,17H2,1H3,(H,28,31). The molecule has 3 aromatic carbocycles. The first kappa shape index (κ1) is 20.1. The zero-order valence-electron chi connectivity index (χ0n) is 17.7. The summed E-state index contributed by atoms with van der Waals surface area (Å²) in [5, 5.41) is 15.2. The molecule has 0 aliphatic heterocycles. The molecule has 2 aromatic heterocycles. The Labute approximate surface area is 191 Å². The number of aromatic nitrogens is 3. The van der Waals surface area contributed by atoms with Crippen molar-refractivity contribution in [3.05, 3.63) is 108 Å². The van der Waals surface area contributed by atoms with E-state index in [4.69, 9.17) is 4.98 Å². The van der Waals surface area contributed by atoms with Crippen LogP contribution in [0.2, 0.25) is 0 Å². The molecular formula is C27H22N4S. The maximum Gasteiger partial charge on any atom is 0.148 e. The van der Waals surface area contributed by atoms with E-state index in [0.29, 0.717) is 6.54 Å². The van der Waals surface area contributed by atoms with E-state index in [2.05, 4.69) is 88.5 Å². The van der Waals surface area contributed by atoms with Crippen LogP contribution in [-0.4, -0.2) is 15.2 Å². The fourth-order valence-electron chi connectivity index (χ4n) is 3.41. The lowest BCUT2D eigenvalue weighted by Gasteiger charge is -2.07. The van der Waals surface area contributed by atoms with Crippen LogP contribution in [0.3, 0.4) is 0 Å². The Morgan fingerprint density at radius 1 is 0.688 bits per heavy atom. The summed E-state index contributed by atoms with van der Waals surface area (Å²) in [5.41, 5.74) is 7.65. The number of rotatable bonds is 6. The number of nitrogens with zero attached hydrogens (tertiary/aromatic N) is 3. The molecule has 0 radical (unpaired) electrons. The SMILES string of the molecule is Cc1ccc(-c2ccc(NCc3ccc(-c4nc(-c5ccccc5)cs4)cc3)nn2)cc1. The van der Waals surface area contributed by atoms with Gasteiger partial charge in [-0.1, -0.05) is 84.4 Å². The second-order valence-electron chi connectivity index (χ2n) is 7.62. The van der Waals surface area contributed by atoms with Gasteiger partial charge in [0.25, 0.3) is 0 Å². The van der Waals surface area contributed by atoms with Gasteiger partial charge in [-0.15, -0.1) is 21.5 Å². The molecule has 2 heterocycles. The van der Waals surface area contributed by atoms with Crippen molar-refractivity contribution in [2.75, 3.05) is 5.32 Å². The number of anilines is 1. The fraction of sp³-hybridized carbons (Fsp3) is 0.0741. The van der Waals surface area contributed by atoms with Crippen molar-refractivity contribution in [3.63, 3.8) is 0 Å². The highest BCUT2D eigenvalue weighted by Gasteiger charge is 2.07. The summed E-state index contributed by atoms with van der Waals surface area (Å²) in [4.78, 5) is 4.80. The summed E-state index contributed by atoms with van der Waals surface area (Å²) in [6.45, 7) is 2.76. The van der Waals surface area contributed by atoms with E-state index in [9.17, 15) is 0 Å². The summed E-state index contributed by atoms with van der Waals surface area (Å²) in [6, 6.07) is 31.0. The van der Waals surface area contributed by atoms with E-state index < -0.39 is 0 Å². The van der Waals surface area contributed by atoms with Gasteiger partial charge in [-0.2, -0.15) is 0 Å². The van der Waals surface area contributed by atoms with E-state index in [0.717, 1.165) is 38.9 Å². The molecule has 0 fully saturated rings. The molecule has 5 heteroatoms. The van der Waals surface area contributed by atoms with E-state index in [-0.39, 0.29) is 0 Å². The smallest absolute Gasteiger partial charge is 0.148 e. The van der Waals surface area contributed by atoms with Gasteiger partial charge in [0.15, 0.2) is 0 Å². The highest BCUT2D eigenvalue weighted by atomic mass is 32.1. The largest absolute Gasteiger partial charge is 0.365 e. The summed E-state index contributed by atoms with van der Waals surface area (Å²) in [7, 11) is 0. The molecule has 0 unspecified atom stereocenters. The molecule has 0 bridgehead atoms. The highest BCUT2D eigenvalue weighted by molar-refractivity contribution is 7.13. The van der Waals surface area contributed by atoms with Gasteiger partial charge in [0.1, 0.15) is 10.8 Å². The quantitative estimate of drug-likeness (QED) is 0.317. The molecule has 32 heavy (non-hydrogen) atoms. The normalized spacial score (nSPS) is 10.8. The third-order valence-electron chi connectivity index (χ3n) is 5.26. The number of benzene rings is 3. The second-order valence-corrected chi connectivity index (χ2v) is 8.48. The molecule has 0 saturated carbocycles. The molecular weight excluding hydrogens is 412 g/mol. The molecule has 0 spiro atoms. The zero-order valence-corrected chi connectivity index (χ0v) is 18.5. The summed E-state index contributed by atoms with van der Waals surface area (Å²) in [5.74, 6) is 0.761. The second kappa shape index (κ2) is 9.12. The lowest BCUT2D eigenvalue weighted by atomic mass is 10.1. The van der Waals surface area contributed by atoms with Crippen molar-refractivity contribution in [3.8, 4) is 33.1 Å². The third kappa shape index (κ3) is 4.58. The summed E-state index contributed by atoms with van der Waals surface area (Å²) in [6.07, 6.45) is 0. The minimum Gasteiger partial charge on any atom is -0.365 e. The van der Waals surface area contributed by atoms with Gasteiger partial charge in [-0.3, -0.25) is 0 Å². The monoisotopic (exact) mass is 434 g/mol. The van der Waals surface area contributed by atoms with Crippen molar-refractivity contribution >= 4 is 17.2 Å². The molecule has 5 rings (SSSR count). The average Bonchev–Trinajstić information content (AvgIpc) is 3.35. The van der Waals surface area contributed by atoms with Gasteiger partial charge in [-0.05, 0) is 24.6 Å². The van der Waals surface area contributed by atoms with Crippen molar-refractivity contribution in [2.24, 2.45) is 0 Å². The van der Waals surface area contributed by atoms with E-state index in [1.807, 2.05) is 30.3 Å². The van der Waals surface area contributed by atoms with Crippen LogP contribution in [0, 0.1) is 6.92 Å². The number of thiazole rings is 1. The van der Waals surface area contributed by atoms with Gasteiger partial charge < -0.3 is 5.32 Å². The van der Waals surface area contributed by atoms with E-state index >= 15 is 0 Å². The third-order valence-corrected chi connectivity index (χ3v) is 6.15. The Kier molecular flexibility index (Phi) is 5.73. The minimum absolute atomic E-state index is 0.686. The van der Waals surface area contributed by atoms with Crippen molar-refractivity contribution in [2.45, 2.75) is 13.5 Å². The predicted molar refractivity (Wildman–Crippen MR) is 133 cm³/mol. The van der Waals surface area contributed by atoms with Crippen molar-refractivity contribution in [1.82, 2.24) is 15.2 Å². The average molecular weight is 435 g/mol. The molecule has 156 valence electrons. The lowest BCUT2D eigenvalue weighted by Crippen LogP contribution is -2.02. The number of hydrogen-bond donors (Lipinski definition) is 1. The van der Waals surface area contributed by atoms with E-state index in [1.165, 1.54) is 11.1 Å². The minimum atomic E-state index is 0.686. The Morgan fingerprint density at radius 3 is 2.12 bits per heavy atom. The van der Waals surface area contributed by atoms with Gasteiger partial charge in [0, 0.05) is 28.6 Å². The van der Waals surface area contributed by atoms with Crippen LogP contribution in [0.15, 0.2) is 96.4 Å². The Hall–Kier alpha value is -3.83. The molecule has 0 aliphatic rings. The van der Waals surface area contributed by atoms with Gasteiger partial charge >= 0.3 is 0 Å². The molecule has 5 aromatic rings. The van der Waals surface area contributed by atoms with E-state index in [1.54, 1.807) is 11.3 Å². The first-order valence-corrected chi connectivity index (χ1v) is 11.4. The number of nitrogens with one attached hydrogen (secondary N) is 1. The van der Waals surface area contributed by atoms with Crippen LogP contribution < -0.4 is 5.32 Å². The Balaban J connectivity index is 1.22. The molecule has 1 N–H and O–H groups in total.